The van der Waals surface area contributed by atoms with E-state index in [9.17, 15) is 9.18 Å². The van der Waals surface area contributed by atoms with Crippen molar-refractivity contribution in [1.82, 2.24) is 5.32 Å². The molecule has 1 amide bonds. The summed E-state index contributed by atoms with van der Waals surface area (Å²) in [6.45, 7) is 1.34. The molecule has 0 unspecified atom stereocenters. The van der Waals surface area contributed by atoms with E-state index in [1.54, 1.807) is 12.1 Å². The molecule has 1 aliphatic rings. The quantitative estimate of drug-likeness (QED) is 0.902. The maximum atomic E-state index is 13.6. The lowest BCUT2D eigenvalue weighted by Crippen LogP contribution is -2.31. The standard InChI is InChI=1S/C14H17BrFNO2/c15-11-5-3-10(13(16)8-11)4-6-14(18)17-9-12-2-1-7-19-12/h3,5,8,12H,1-2,4,6-7,9H2,(H,17,18)/t12-/m1/s1. The summed E-state index contributed by atoms with van der Waals surface area (Å²) < 4.78 is 19.7. The molecule has 1 heterocycles. The van der Waals surface area contributed by atoms with Crippen LogP contribution in [0.1, 0.15) is 24.8 Å². The largest absolute Gasteiger partial charge is 0.376 e. The van der Waals surface area contributed by atoms with Gasteiger partial charge in [0.1, 0.15) is 5.82 Å². The highest BCUT2D eigenvalue weighted by Gasteiger charge is 2.16. The molecule has 5 heteroatoms. The summed E-state index contributed by atoms with van der Waals surface area (Å²) in [5.41, 5.74) is 0.565. The summed E-state index contributed by atoms with van der Waals surface area (Å²) in [4.78, 5) is 11.7. The summed E-state index contributed by atoms with van der Waals surface area (Å²) >= 11 is 3.21. The Hall–Kier alpha value is -0.940. The van der Waals surface area contributed by atoms with Crippen LogP contribution in [0.5, 0.6) is 0 Å². The van der Waals surface area contributed by atoms with Gasteiger partial charge in [-0.25, -0.2) is 4.39 Å². The first kappa shape index (κ1) is 14.5. The molecule has 0 radical (unpaired) electrons. The van der Waals surface area contributed by atoms with E-state index in [2.05, 4.69) is 21.2 Å². The number of amides is 1. The van der Waals surface area contributed by atoms with Crippen molar-refractivity contribution in [3.05, 3.63) is 34.1 Å². The molecule has 0 spiro atoms. The molecular weight excluding hydrogens is 313 g/mol. The highest BCUT2D eigenvalue weighted by molar-refractivity contribution is 9.10. The SMILES string of the molecule is O=C(CCc1ccc(Br)cc1F)NC[C@H]1CCCO1. The lowest BCUT2D eigenvalue weighted by Gasteiger charge is -2.10. The molecule has 0 aliphatic carbocycles. The Morgan fingerprint density at radius 1 is 1.53 bits per heavy atom. The maximum Gasteiger partial charge on any atom is 0.220 e. The Labute approximate surface area is 120 Å². The third-order valence-electron chi connectivity index (χ3n) is 3.19. The van der Waals surface area contributed by atoms with Gasteiger partial charge in [0, 0.05) is 24.0 Å². The van der Waals surface area contributed by atoms with Crippen molar-refractivity contribution in [2.24, 2.45) is 0 Å². The molecule has 19 heavy (non-hydrogen) atoms. The zero-order chi connectivity index (χ0) is 13.7. The van der Waals surface area contributed by atoms with Crippen molar-refractivity contribution in [2.45, 2.75) is 31.8 Å². The number of aryl methyl sites for hydroxylation is 1. The van der Waals surface area contributed by atoms with E-state index in [0.29, 0.717) is 29.4 Å². The van der Waals surface area contributed by atoms with E-state index in [0.717, 1.165) is 19.4 Å². The Morgan fingerprint density at radius 2 is 2.37 bits per heavy atom. The van der Waals surface area contributed by atoms with Crippen LogP contribution in [0.15, 0.2) is 22.7 Å². The Kier molecular flexibility index (Phi) is 5.34. The van der Waals surface area contributed by atoms with Crippen LogP contribution >= 0.6 is 15.9 Å². The van der Waals surface area contributed by atoms with Gasteiger partial charge in [-0.2, -0.15) is 0 Å². The topological polar surface area (TPSA) is 38.3 Å². The van der Waals surface area contributed by atoms with Crippen LogP contribution in [-0.2, 0) is 16.0 Å². The van der Waals surface area contributed by atoms with E-state index >= 15 is 0 Å². The molecule has 1 aromatic rings. The third-order valence-corrected chi connectivity index (χ3v) is 3.68. The summed E-state index contributed by atoms with van der Waals surface area (Å²) in [5, 5.41) is 2.83. The van der Waals surface area contributed by atoms with Gasteiger partial charge in [-0.1, -0.05) is 22.0 Å². The summed E-state index contributed by atoms with van der Waals surface area (Å²) in [6, 6.07) is 4.90. The summed E-state index contributed by atoms with van der Waals surface area (Å²) in [5.74, 6) is -0.334. The second kappa shape index (κ2) is 7.01. The van der Waals surface area contributed by atoms with Crippen LogP contribution in [0.3, 0.4) is 0 Å². The van der Waals surface area contributed by atoms with Gasteiger partial charge in [0.05, 0.1) is 6.10 Å². The van der Waals surface area contributed by atoms with Gasteiger partial charge in [-0.05, 0) is 37.0 Å². The lowest BCUT2D eigenvalue weighted by molar-refractivity contribution is -0.121. The number of carbonyl (C=O) groups is 1. The van der Waals surface area contributed by atoms with Crippen molar-refractivity contribution < 1.29 is 13.9 Å². The first-order valence-electron chi connectivity index (χ1n) is 6.47. The minimum Gasteiger partial charge on any atom is -0.376 e. The van der Waals surface area contributed by atoms with Gasteiger partial charge in [0.2, 0.25) is 5.91 Å². The number of hydrogen-bond acceptors (Lipinski definition) is 2. The van der Waals surface area contributed by atoms with Crippen LogP contribution in [0.4, 0.5) is 4.39 Å². The highest BCUT2D eigenvalue weighted by atomic mass is 79.9. The Bertz CT molecular complexity index is 447. The molecule has 104 valence electrons. The number of halogens is 2. The van der Waals surface area contributed by atoms with Crippen molar-refractivity contribution in [3.8, 4) is 0 Å². The fraction of sp³-hybridized carbons (Fsp3) is 0.500. The van der Waals surface area contributed by atoms with Crippen molar-refractivity contribution >= 4 is 21.8 Å². The van der Waals surface area contributed by atoms with Crippen molar-refractivity contribution in [2.75, 3.05) is 13.2 Å². The molecule has 1 N–H and O–H groups in total. The average molecular weight is 330 g/mol. The zero-order valence-electron chi connectivity index (χ0n) is 10.6. The van der Waals surface area contributed by atoms with Crippen molar-refractivity contribution in [3.63, 3.8) is 0 Å². The number of benzene rings is 1. The van der Waals surface area contributed by atoms with Crippen LogP contribution < -0.4 is 5.32 Å². The summed E-state index contributed by atoms with van der Waals surface area (Å²) in [7, 11) is 0. The molecule has 1 atom stereocenters. The molecule has 0 saturated carbocycles. The monoisotopic (exact) mass is 329 g/mol. The average Bonchev–Trinajstić information content (AvgIpc) is 2.88. The van der Waals surface area contributed by atoms with Gasteiger partial charge in [0.15, 0.2) is 0 Å². The molecule has 3 nitrogen and oxygen atoms in total. The maximum absolute atomic E-state index is 13.6. The second-order valence-electron chi connectivity index (χ2n) is 4.67. The van der Waals surface area contributed by atoms with Crippen LogP contribution in [0.25, 0.3) is 0 Å². The molecule has 1 aromatic carbocycles. The number of rotatable bonds is 5. The fourth-order valence-electron chi connectivity index (χ4n) is 2.09. The van der Waals surface area contributed by atoms with Crippen LogP contribution in [0.2, 0.25) is 0 Å². The fourth-order valence-corrected chi connectivity index (χ4v) is 2.43. The van der Waals surface area contributed by atoms with Gasteiger partial charge < -0.3 is 10.1 Å². The van der Waals surface area contributed by atoms with Gasteiger partial charge in [-0.3, -0.25) is 4.79 Å². The normalized spacial score (nSPS) is 18.5. The number of nitrogens with one attached hydrogen (secondary N) is 1. The molecule has 2 rings (SSSR count). The molecular formula is C14H17BrFNO2. The summed E-state index contributed by atoms with van der Waals surface area (Å²) in [6.07, 6.45) is 2.92. The van der Waals surface area contributed by atoms with E-state index in [1.807, 2.05) is 0 Å². The first-order valence-corrected chi connectivity index (χ1v) is 7.26. The highest BCUT2D eigenvalue weighted by Crippen LogP contribution is 2.16. The van der Waals surface area contributed by atoms with E-state index in [-0.39, 0.29) is 17.8 Å². The molecule has 0 aromatic heterocycles. The molecule has 1 saturated heterocycles. The van der Waals surface area contributed by atoms with E-state index in [4.69, 9.17) is 4.74 Å². The second-order valence-corrected chi connectivity index (χ2v) is 5.59. The number of carbonyl (C=O) groups excluding carboxylic acids is 1. The molecule has 1 fully saturated rings. The van der Waals surface area contributed by atoms with E-state index < -0.39 is 0 Å². The van der Waals surface area contributed by atoms with Crippen LogP contribution in [-0.4, -0.2) is 25.2 Å². The minimum atomic E-state index is -0.277. The van der Waals surface area contributed by atoms with E-state index in [1.165, 1.54) is 6.07 Å². The smallest absolute Gasteiger partial charge is 0.220 e. The molecule has 0 bridgehead atoms. The van der Waals surface area contributed by atoms with Crippen molar-refractivity contribution in [1.29, 1.82) is 0 Å². The number of ether oxygens (including phenoxy) is 1. The third kappa shape index (κ3) is 4.58. The predicted molar refractivity (Wildman–Crippen MR) is 74.4 cm³/mol. The molecule has 1 aliphatic heterocycles. The van der Waals surface area contributed by atoms with Crippen LogP contribution in [0, 0.1) is 5.82 Å². The van der Waals surface area contributed by atoms with Gasteiger partial charge in [-0.15, -0.1) is 0 Å². The lowest BCUT2D eigenvalue weighted by atomic mass is 10.1. The Morgan fingerprint density at radius 3 is 3.05 bits per heavy atom. The zero-order valence-corrected chi connectivity index (χ0v) is 12.2. The van der Waals surface area contributed by atoms with Gasteiger partial charge in [0.25, 0.3) is 0 Å². The van der Waals surface area contributed by atoms with Gasteiger partial charge >= 0.3 is 0 Å². The Balaban J connectivity index is 1.73. The minimum absolute atomic E-state index is 0.0576. The number of hydrogen-bond donors (Lipinski definition) is 1. The first-order chi connectivity index (χ1) is 9.15. The predicted octanol–water partition coefficient (Wildman–Crippen LogP) is 2.82.